The highest BCUT2D eigenvalue weighted by Crippen LogP contribution is 2.34. The third kappa shape index (κ3) is 4.59. The SMILES string of the molecule is CC(C)c1noc(C2(NC(=O)C(O)c3cccc(C(F)(F)F)c3)CCOCC2)n1. The fraction of sp³-hybridized carbons (Fsp3) is 0.526. The van der Waals surface area contributed by atoms with Gasteiger partial charge in [-0.25, -0.2) is 0 Å². The Labute approximate surface area is 165 Å². The number of carbonyl (C=O) groups is 1. The van der Waals surface area contributed by atoms with Crippen LogP contribution in [0.1, 0.15) is 61.6 Å². The summed E-state index contributed by atoms with van der Waals surface area (Å²) in [5, 5.41) is 17.0. The molecule has 0 radical (unpaired) electrons. The van der Waals surface area contributed by atoms with Crippen molar-refractivity contribution >= 4 is 5.91 Å². The molecule has 0 saturated carbocycles. The molecule has 10 heteroatoms. The van der Waals surface area contributed by atoms with Crippen LogP contribution in [0.4, 0.5) is 13.2 Å². The molecular weight excluding hydrogens is 391 g/mol. The Morgan fingerprint density at radius 3 is 2.55 bits per heavy atom. The number of carbonyl (C=O) groups excluding carboxylic acids is 1. The second-order valence-electron chi connectivity index (χ2n) is 7.32. The predicted molar refractivity (Wildman–Crippen MR) is 94.7 cm³/mol. The van der Waals surface area contributed by atoms with E-state index in [4.69, 9.17) is 9.26 Å². The smallest absolute Gasteiger partial charge is 0.381 e. The summed E-state index contributed by atoms with van der Waals surface area (Å²) < 4.78 is 49.5. The van der Waals surface area contributed by atoms with Gasteiger partial charge in [0.2, 0.25) is 0 Å². The highest BCUT2D eigenvalue weighted by molar-refractivity contribution is 5.82. The summed E-state index contributed by atoms with van der Waals surface area (Å²) >= 11 is 0. The molecule has 1 aromatic carbocycles. The van der Waals surface area contributed by atoms with Crippen LogP contribution in [0.3, 0.4) is 0 Å². The molecule has 2 aromatic rings. The fourth-order valence-corrected chi connectivity index (χ4v) is 3.12. The van der Waals surface area contributed by atoms with Crippen LogP contribution in [0.5, 0.6) is 0 Å². The maximum Gasteiger partial charge on any atom is 0.416 e. The normalized spacial score (nSPS) is 17.9. The molecule has 2 N–H and O–H groups in total. The maximum absolute atomic E-state index is 12.9. The zero-order valence-electron chi connectivity index (χ0n) is 16.0. The van der Waals surface area contributed by atoms with E-state index < -0.39 is 29.3 Å². The van der Waals surface area contributed by atoms with Gasteiger partial charge in [-0.2, -0.15) is 18.2 Å². The summed E-state index contributed by atoms with van der Waals surface area (Å²) in [5.74, 6) is -0.182. The molecule has 7 nitrogen and oxygen atoms in total. The van der Waals surface area contributed by atoms with Gasteiger partial charge in [-0.3, -0.25) is 4.79 Å². The number of nitrogens with zero attached hydrogens (tertiary/aromatic N) is 2. The Morgan fingerprint density at radius 1 is 1.28 bits per heavy atom. The Bertz CT molecular complexity index is 860. The lowest BCUT2D eigenvalue weighted by molar-refractivity contribution is -0.138. The molecule has 1 saturated heterocycles. The summed E-state index contributed by atoms with van der Waals surface area (Å²) in [5.41, 5.74) is -2.16. The molecular formula is C19H22F3N3O4. The minimum absolute atomic E-state index is 0.00999. The molecule has 1 aliphatic heterocycles. The topological polar surface area (TPSA) is 97.5 Å². The molecule has 0 aliphatic carbocycles. The first-order valence-electron chi connectivity index (χ1n) is 9.21. The van der Waals surface area contributed by atoms with E-state index in [1.165, 1.54) is 6.07 Å². The Morgan fingerprint density at radius 2 is 1.97 bits per heavy atom. The van der Waals surface area contributed by atoms with Gasteiger partial charge in [0.15, 0.2) is 11.9 Å². The zero-order valence-corrected chi connectivity index (χ0v) is 16.0. The van der Waals surface area contributed by atoms with E-state index in [2.05, 4.69) is 15.5 Å². The van der Waals surface area contributed by atoms with E-state index in [0.29, 0.717) is 31.9 Å². The number of aliphatic hydroxyl groups is 1. The maximum atomic E-state index is 12.9. The Kier molecular flexibility index (Phi) is 5.95. The zero-order chi connectivity index (χ0) is 21.2. The number of rotatable bonds is 5. The van der Waals surface area contributed by atoms with Crippen LogP contribution < -0.4 is 5.32 Å². The van der Waals surface area contributed by atoms with Crippen molar-refractivity contribution in [2.24, 2.45) is 0 Å². The number of alkyl halides is 3. The van der Waals surface area contributed by atoms with Crippen molar-refractivity contribution < 1.29 is 32.3 Å². The van der Waals surface area contributed by atoms with Gasteiger partial charge in [-0.05, 0) is 17.7 Å². The fourth-order valence-electron chi connectivity index (χ4n) is 3.12. The van der Waals surface area contributed by atoms with E-state index >= 15 is 0 Å². The molecule has 1 aliphatic rings. The third-order valence-corrected chi connectivity index (χ3v) is 4.85. The van der Waals surface area contributed by atoms with E-state index in [-0.39, 0.29) is 17.4 Å². The number of aromatic nitrogens is 2. The third-order valence-electron chi connectivity index (χ3n) is 4.85. The van der Waals surface area contributed by atoms with E-state index in [1.807, 2.05) is 13.8 Å². The highest BCUT2D eigenvalue weighted by Gasteiger charge is 2.43. The molecule has 29 heavy (non-hydrogen) atoms. The van der Waals surface area contributed by atoms with Gasteiger partial charge in [0.05, 0.1) is 5.56 Å². The number of halogens is 3. The quantitative estimate of drug-likeness (QED) is 0.782. The predicted octanol–water partition coefficient (Wildman–Crippen LogP) is 3.07. The summed E-state index contributed by atoms with van der Waals surface area (Å²) in [4.78, 5) is 17.1. The lowest BCUT2D eigenvalue weighted by Crippen LogP contribution is -2.51. The van der Waals surface area contributed by atoms with Crippen molar-refractivity contribution in [1.82, 2.24) is 15.5 Å². The molecule has 1 unspecified atom stereocenters. The van der Waals surface area contributed by atoms with E-state index in [0.717, 1.165) is 18.2 Å². The highest BCUT2D eigenvalue weighted by atomic mass is 19.4. The number of aliphatic hydroxyl groups excluding tert-OH is 1. The number of benzene rings is 1. The number of ether oxygens (including phenoxy) is 1. The van der Waals surface area contributed by atoms with Crippen LogP contribution in [0.15, 0.2) is 28.8 Å². The first-order chi connectivity index (χ1) is 13.6. The van der Waals surface area contributed by atoms with E-state index in [9.17, 15) is 23.1 Å². The molecule has 0 bridgehead atoms. The van der Waals surface area contributed by atoms with Crippen LogP contribution in [-0.2, 0) is 21.2 Å². The average molecular weight is 413 g/mol. The minimum atomic E-state index is -4.58. The Balaban J connectivity index is 1.85. The summed E-state index contributed by atoms with van der Waals surface area (Å²) in [6.07, 6.45) is -5.71. The van der Waals surface area contributed by atoms with Gasteiger partial charge >= 0.3 is 6.18 Å². The van der Waals surface area contributed by atoms with E-state index in [1.54, 1.807) is 0 Å². The van der Waals surface area contributed by atoms with Crippen molar-refractivity contribution in [1.29, 1.82) is 0 Å². The number of nitrogens with one attached hydrogen (secondary N) is 1. The molecule has 2 heterocycles. The van der Waals surface area contributed by atoms with Crippen molar-refractivity contribution in [2.45, 2.75) is 50.4 Å². The second kappa shape index (κ2) is 8.11. The van der Waals surface area contributed by atoms with Crippen molar-refractivity contribution in [2.75, 3.05) is 13.2 Å². The first-order valence-corrected chi connectivity index (χ1v) is 9.21. The monoisotopic (exact) mass is 413 g/mol. The van der Waals surface area contributed by atoms with Crippen LogP contribution >= 0.6 is 0 Å². The number of hydrogen-bond donors (Lipinski definition) is 2. The van der Waals surface area contributed by atoms with Gasteiger partial charge in [-0.15, -0.1) is 0 Å². The van der Waals surface area contributed by atoms with Gasteiger partial charge in [0.1, 0.15) is 5.54 Å². The molecule has 158 valence electrons. The lowest BCUT2D eigenvalue weighted by atomic mass is 9.89. The standard InChI is InChI=1S/C19H22F3N3O4/c1-11(2)15-23-17(29-25-15)18(6-8-28-9-7-18)24-16(27)14(26)12-4-3-5-13(10-12)19(20,21)22/h3-5,10-11,14,26H,6-9H2,1-2H3,(H,24,27). The Hall–Kier alpha value is -2.46. The van der Waals surface area contributed by atoms with Crippen molar-refractivity contribution in [3.05, 3.63) is 47.1 Å². The van der Waals surface area contributed by atoms with Crippen LogP contribution in [0, 0.1) is 0 Å². The van der Waals surface area contributed by atoms with Crippen molar-refractivity contribution in [3.63, 3.8) is 0 Å². The van der Waals surface area contributed by atoms with Crippen LogP contribution in [0.25, 0.3) is 0 Å². The summed E-state index contributed by atoms with van der Waals surface area (Å²) in [6.45, 7) is 4.42. The molecule has 0 spiro atoms. The molecule has 1 atom stereocenters. The minimum Gasteiger partial charge on any atom is -0.381 e. The van der Waals surface area contributed by atoms with Gasteiger partial charge < -0.3 is 19.7 Å². The second-order valence-corrected chi connectivity index (χ2v) is 7.32. The molecule has 3 rings (SSSR count). The van der Waals surface area contributed by atoms with Gasteiger partial charge in [0.25, 0.3) is 11.8 Å². The largest absolute Gasteiger partial charge is 0.416 e. The molecule has 1 amide bonds. The van der Waals surface area contributed by atoms with Crippen LogP contribution in [-0.4, -0.2) is 34.4 Å². The van der Waals surface area contributed by atoms with Crippen molar-refractivity contribution in [3.8, 4) is 0 Å². The van der Waals surface area contributed by atoms with Gasteiger partial charge in [0, 0.05) is 32.0 Å². The summed E-state index contributed by atoms with van der Waals surface area (Å²) in [6, 6.07) is 4.04. The average Bonchev–Trinajstić information content (AvgIpc) is 3.19. The number of hydrogen-bond acceptors (Lipinski definition) is 6. The number of amides is 1. The first kappa shape index (κ1) is 21.3. The van der Waals surface area contributed by atoms with Crippen LogP contribution in [0.2, 0.25) is 0 Å². The lowest BCUT2D eigenvalue weighted by Gasteiger charge is -2.35. The molecule has 1 aromatic heterocycles. The van der Waals surface area contributed by atoms with Gasteiger partial charge in [-0.1, -0.05) is 31.1 Å². The summed E-state index contributed by atoms with van der Waals surface area (Å²) in [7, 11) is 0. The molecule has 1 fully saturated rings.